The van der Waals surface area contributed by atoms with Crippen molar-refractivity contribution in [2.24, 2.45) is 0 Å². The van der Waals surface area contributed by atoms with Gasteiger partial charge in [-0.05, 0) is 30.5 Å². The van der Waals surface area contributed by atoms with Crippen molar-refractivity contribution in [1.82, 2.24) is 14.8 Å². The molecule has 5 rings (SSSR count). The molecule has 0 atom stereocenters. The number of piperidine rings is 1. The summed E-state index contributed by atoms with van der Waals surface area (Å²) in [5.41, 5.74) is 2.22. The fourth-order valence-electron chi connectivity index (χ4n) is 4.30. The monoisotopic (exact) mass is 429 g/mol. The summed E-state index contributed by atoms with van der Waals surface area (Å²) in [6.45, 7) is 3.16. The Morgan fingerprint density at radius 2 is 1.93 bits per heavy atom. The molecule has 3 aliphatic rings. The third kappa shape index (κ3) is 3.75. The summed E-state index contributed by atoms with van der Waals surface area (Å²) in [7, 11) is 0. The number of rotatable bonds is 3. The first kappa shape index (κ1) is 19.3. The Bertz CT molecular complexity index is 940. The van der Waals surface area contributed by atoms with Crippen LogP contribution in [0.25, 0.3) is 0 Å². The highest BCUT2D eigenvalue weighted by Crippen LogP contribution is 2.34. The maximum absolute atomic E-state index is 12.8. The molecule has 2 saturated heterocycles. The molecule has 0 aliphatic carbocycles. The quantitative estimate of drug-likeness (QED) is 0.742. The number of hydrogen-bond donors (Lipinski definition) is 0. The standard InChI is InChI=1S/C21H23N3O5S/c25-19(10-15-1-2-16-17(9-15)28-14-27-16)23-5-3-21(4-6-23)12-24(7-8-29-21)20(26)18-11-22-13-30-18/h1-2,9,11,13H,3-8,10,12,14H2. The summed E-state index contributed by atoms with van der Waals surface area (Å²) < 4.78 is 16.9. The Kier molecular flexibility index (Phi) is 5.08. The van der Waals surface area contributed by atoms with Crippen molar-refractivity contribution in [3.05, 3.63) is 40.3 Å². The lowest BCUT2D eigenvalue weighted by Gasteiger charge is -2.47. The minimum absolute atomic E-state index is 0.0153. The number of aromatic nitrogens is 1. The molecule has 8 nitrogen and oxygen atoms in total. The lowest BCUT2D eigenvalue weighted by atomic mass is 9.89. The highest BCUT2D eigenvalue weighted by molar-refractivity contribution is 7.11. The SMILES string of the molecule is O=C(Cc1ccc2c(c1)OCO2)N1CCC2(CC1)CN(C(=O)c1cncs1)CCO2. The summed E-state index contributed by atoms with van der Waals surface area (Å²) >= 11 is 1.36. The number of nitrogens with zero attached hydrogens (tertiary/aromatic N) is 3. The summed E-state index contributed by atoms with van der Waals surface area (Å²) in [4.78, 5) is 33.9. The third-order valence-corrected chi connectivity index (χ3v) is 6.76. The summed E-state index contributed by atoms with van der Waals surface area (Å²) in [6.07, 6.45) is 3.41. The second kappa shape index (κ2) is 7.88. The Balaban J connectivity index is 1.18. The van der Waals surface area contributed by atoms with Crippen molar-refractivity contribution in [2.45, 2.75) is 24.9 Å². The van der Waals surface area contributed by atoms with E-state index in [1.54, 1.807) is 11.7 Å². The van der Waals surface area contributed by atoms with Crippen molar-refractivity contribution in [1.29, 1.82) is 0 Å². The van der Waals surface area contributed by atoms with Crippen LogP contribution in [-0.4, -0.2) is 71.8 Å². The second-order valence-electron chi connectivity index (χ2n) is 7.87. The van der Waals surface area contributed by atoms with Crippen LogP contribution in [0.15, 0.2) is 29.9 Å². The molecular weight excluding hydrogens is 406 g/mol. The molecule has 0 unspecified atom stereocenters. The maximum Gasteiger partial charge on any atom is 0.265 e. The normalized spacial score (nSPS) is 19.9. The van der Waals surface area contributed by atoms with Crippen LogP contribution in [-0.2, 0) is 16.0 Å². The van der Waals surface area contributed by atoms with E-state index in [4.69, 9.17) is 14.2 Å². The molecule has 2 amide bonds. The van der Waals surface area contributed by atoms with Crippen molar-refractivity contribution in [2.75, 3.05) is 39.6 Å². The lowest BCUT2D eigenvalue weighted by molar-refractivity contribution is -0.146. The van der Waals surface area contributed by atoms with Gasteiger partial charge in [-0.25, -0.2) is 0 Å². The predicted octanol–water partition coefficient (Wildman–Crippen LogP) is 1.95. The van der Waals surface area contributed by atoms with Crippen LogP contribution in [0.5, 0.6) is 11.5 Å². The van der Waals surface area contributed by atoms with Crippen LogP contribution in [0.1, 0.15) is 28.1 Å². The molecule has 0 bridgehead atoms. The van der Waals surface area contributed by atoms with Crippen LogP contribution < -0.4 is 9.47 Å². The van der Waals surface area contributed by atoms with E-state index in [0.717, 1.165) is 24.2 Å². The molecule has 3 aliphatic heterocycles. The zero-order chi connectivity index (χ0) is 20.6. The number of ether oxygens (including phenoxy) is 3. The van der Waals surface area contributed by atoms with Gasteiger partial charge in [0.25, 0.3) is 5.91 Å². The summed E-state index contributed by atoms with van der Waals surface area (Å²) in [5, 5.41) is 0. The average Bonchev–Trinajstić information content (AvgIpc) is 3.45. The molecule has 158 valence electrons. The number of carbonyl (C=O) groups excluding carboxylic acids is 2. The summed E-state index contributed by atoms with van der Waals surface area (Å²) in [5.74, 6) is 1.52. The lowest BCUT2D eigenvalue weighted by Crippen LogP contribution is -2.58. The third-order valence-electron chi connectivity index (χ3n) is 6.00. The smallest absolute Gasteiger partial charge is 0.265 e. The van der Waals surface area contributed by atoms with E-state index in [1.165, 1.54) is 11.3 Å². The maximum atomic E-state index is 12.8. The van der Waals surface area contributed by atoms with Crippen molar-refractivity contribution in [3.63, 3.8) is 0 Å². The van der Waals surface area contributed by atoms with Gasteiger partial charge in [0.2, 0.25) is 12.7 Å². The van der Waals surface area contributed by atoms with Gasteiger partial charge in [0.05, 0.1) is 36.9 Å². The van der Waals surface area contributed by atoms with Crippen molar-refractivity contribution >= 4 is 23.2 Å². The molecule has 4 heterocycles. The zero-order valence-electron chi connectivity index (χ0n) is 16.5. The highest BCUT2D eigenvalue weighted by Gasteiger charge is 2.42. The van der Waals surface area contributed by atoms with Crippen LogP contribution in [0.2, 0.25) is 0 Å². The number of hydrogen-bond acceptors (Lipinski definition) is 7. The van der Waals surface area contributed by atoms with Crippen LogP contribution in [0.4, 0.5) is 0 Å². The Hall–Kier alpha value is -2.65. The summed E-state index contributed by atoms with van der Waals surface area (Å²) in [6, 6.07) is 5.63. The van der Waals surface area contributed by atoms with Gasteiger partial charge in [-0.15, -0.1) is 11.3 Å². The van der Waals surface area contributed by atoms with Crippen molar-refractivity contribution < 1.29 is 23.8 Å². The van der Waals surface area contributed by atoms with E-state index in [1.807, 2.05) is 28.0 Å². The Morgan fingerprint density at radius 1 is 1.10 bits per heavy atom. The van der Waals surface area contributed by atoms with E-state index in [0.29, 0.717) is 49.8 Å². The van der Waals surface area contributed by atoms with Crippen LogP contribution >= 0.6 is 11.3 Å². The number of benzene rings is 1. The van der Waals surface area contributed by atoms with E-state index in [9.17, 15) is 9.59 Å². The first-order valence-electron chi connectivity index (χ1n) is 10.1. The molecule has 0 radical (unpaired) electrons. The molecule has 1 spiro atoms. The number of thiazole rings is 1. The highest BCUT2D eigenvalue weighted by atomic mass is 32.1. The average molecular weight is 429 g/mol. The van der Waals surface area contributed by atoms with Crippen molar-refractivity contribution in [3.8, 4) is 11.5 Å². The fraction of sp³-hybridized carbons (Fsp3) is 0.476. The van der Waals surface area contributed by atoms with Gasteiger partial charge < -0.3 is 24.0 Å². The number of morpholine rings is 1. The molecule has 2 fully saturated rings. The van der Waals surface area contributed by atoms with E-state index in [-0.39, 0.29) is 24.2 Å². The number of fused-ring (bicyclic) bond motifs is 1. The minimum Gasteiger partial charge on any atom is -0.454 e. The number of likely N-dealkylation sites (tertiary alicyclic amines) is 1. The molecule has 1 aromatic carbocycles. The first-order valence-corrected chi connectivity index (χ1v) is 11.0. The molecule has 0 saturated carbocycles. The van der Waals surface area contributed by atoms with Gasteiger partial charge in [-0.2, -0.15) is 0 Å². The van der Waals surface area contributed by atoms with E-state index < -0.39 is 0 Å². The van der Waals surface area contributed by atoms with E-state index in [2.05, 4.69) is 4.98 Å². The zero-order valence-corrected chi connectivity index (χ0v) is 17.4. The second-order valence-corrected chi connectivity index (χ2v) is 8.76. The van der Waals surface area contributed by atoms with Gasteiger partial charge in [0, 0.05) is 19.6 Å². The fourth-order valence-corrected chi connectivity index (χ4v) is 4.89. The molecule has 0 N–H and O–H groups in total. The minimum atomic E-state index is -0.367. The first-order chi connectivity index (χ1) is 14.6. The largest absolute Gasteiger partial charge is 0.454 e. The number of amides is 2. The molecular formula is C21H23N3O5S. The van der Waals surface area contributed by atoms with Gasteiger partial charge in [-0.1, -0.05) is 6.07 Å². The Labute approximate surface area is 178 Å². The van der Waals surface area contributed by atoms with Gasteiger partial charge in [0.1, 0.15) is 4.88 Å². The van der Waals surface area contributed by atoms with Gasteiger partial charge >= 0.3 is 0 Å². The van der Waals surface area contributed by atoms with Gasteiger partial charge in [0.15, 0.2) is 11.5 Å². The molecule has 1 aromatic heterocycles. The number of carbonyl (C=O) groups is 2. The topological polar surface area (TPSA) is 81.2 Å². The van der Waals surface area contributed by atoms with E-state index >= 15 is 0 Å². The van der Waals surface area contributed by atoms with Crippen LogP contribution in [0.3, 0.4) is 0 Å². The predicted molar refractivity (Wildman–Crippen MR) is 109 cm³/mol. The molecule has 2 aromatic rings. The Morgan fingerprint density at radius 3 is 2.73 bits per heavy atom. The van der Waals surface area contributed by atoms with Crippen LogP contribution in [0, 0.1) is 0 Å². The molecule has 9 heteroatoms. The van der Waals surface area contributed by atoms with Gasteiger partial charge in [-0.3, -0.25) is 14.6 Å². The molecule has 30 heavy (non-hydrogen) atoms.